The molecule has 1 rings (SSSR count). The fourth-order valence-corrected chi connectivity index (χ4v) is 0.960. The maximum absolute atomic E-state index is 11.1. The van der Waals surface area contributed by atoms with Crippen molar-refractivity contribution in [2.24, 2.45) is 5.92 Å². The minimum absolute atomic E-state index is 0.229. The second kappa shape index (κ2) is 3.74. The molecular weight excluding hydrogens is 174 g/mol. The molecule has 1 aliphatic rings. The van der Waals surface area contributed by atoms with Gasteiger partial charge in [0, 0.05) is 12.8 Å². The molecule has 0 saturated carbocycles. The Morgan fingerprint density at radius 2 is 2.31 bits per heavy atom. The summed E-state index contributed by atoms with van der Waals surface area (Å²) >= 11 is 0. The van der Waals surface area contributed by atoms with Crippen LogP contribution in [0.15, 0.2) is 0 Å². The Balaban J connectivity index is 2.52. The Morgan fingerprint density at radius 3 is 2.69 bits per heavy atom. The van der Waals surface area contributed by atoms with Gasteiger partial charge in [0.15, 0.2) is 6.23 Å². The number of aliphatic hydroxyl groups is 1. The van der Waals surface area contributed by atoms with Crippen molar-refractivity contribution in [3.05, 3.63) is 0 Å². The molecule has 13 heavy (non-hydrogen) atoms. The van der Waals surface area contributed by atoms with Gasteiger partial charge in [0.2, 0.25) is 0 Å². The number of aliphatic hydroxyl groups excluding tert-OH is 1. The average molecular weight is 187 g/mol. The second-order valence-electron chi connectivity index (χ2n) is 3.30. The maximum atomic E-state index is 11.1. The third-order valence-electron chi connectivity index (χ3n) is 1.79. The van der Waals surface area contributed by atoms with Gasteiger partial charge in [-0.3, -0.25) is 4.79 Å². The lowest BCUT2D eigenvalue weighted by molar-refractivity contribution is -0.223. The number of nitrogens with zero attached hydrogens (tertiary/aromatic N) is 1. The van der Waals surface area contributed by atoms with Crippen LogP contribution >= 0.6 is 0 Å². The first-order chi connectivity index (χ1) is 6.02. The maximum Gasteiger partial charge on any atom is 0.335 e. The Kier molecular flexibility index (Phi) is 2.87. The molecule has 1 aliphatic heterocycles. The zero-order chi connectivity index (χ0) is 10.0. The molecule has 1 unspecified atom stereocenters. The van der Waals surface area contributed by atoms with Crippen molar-refractivity contribution in [1.82, 2.24) is 5.06 Å². The number of hydrogen-bond donors (Lipinski definition) is 1. The van der Waals surface area contributed by atoms with E-state index in [1.165, 1.54) is 0 Å². The van der Waals surface area contributed by atoms with Crippen LogP contribution in [0.3, 0.4) is 0 Å². The van der Waals surface area contributed by atoms with E-state index in [-0.39, 0.29) is 18.2 Å². The van der Waals surface area contributed by atoms with Crippen molar-refractivity contribution in [1.29, 1.82) is 0 Å². The first-order valence-corrected chi connectivity index (χ1v) is 4.24. The van der Waals surface area contributed by atoms with Crippen LogP contribution in [0.1, 0.15) is 26.7 Å². The second-order valence-corrected chi connectivity index (χ2v) is 3.30. The van der Waals surface area contributed by atoms with Gasteiger partial charge in [-0.1, -0.05) is 13.8 Å². The Morgan fingerprint density at radius 1 is 1.69 bits per heavy atom. The zero-order valence-electron chi connectivity index (χ0n) is 7.69. The van der Waals surface area contributed by atoms with Crippen LogP contribution in [0, 0.1) is 5.92 Å². The van der Waals surface area contributed by atoms with Gasteiger partial charge in [-0.2, -0.15) is 0 Å². The minimum atomic E-state index is -0.977. The summed E-state index contributed by atoms with van der Waals surface area (Å²) in [6.07, 6.45) is -0.424. The van der Waals surface area contributed by atoms with E-state index >= 15 is 0 Å². The first kappa shape index (κ1) is 9.98. The van der Waals surface area contributed by atoms with Gasteiger partial charge < -0.3 is 9.94 Å². The number of amides is 1. The molecule has 1 fully saturated rings. The molecule has 0 aromatic heterocycles. The van der Waals surface area contributed by atoms with E-state index in [1.54, 1.807) is 13.8 Å². The zero-order valence-corrected chi connectivity index (χ0v) is 7.69. The molecule has 5 nitrogen and oxygen atoms in total. The lowest BCUT2D eigenvalue weighted by Crippen LogP contribution is -2.36. The summed E-state index contributed by atoms with van der Waals surface area (Å²) in [4.78, 5) is 26.8. The lowest BCUT2D eigenvalue weighted by Gasteiger charge is -2.19. The molecule has 0 aromatic carbocycles. The molecule has 0 spiro atoms. The highest BCUT2D eigenvalue weighted by Crippen LogP contribution is 2.17. The highest BCUT2D eigenvalue weighted by atomic mass is 16.7. The van der Waals surface area contributed by atoms with E-state index in [1.807, 2.05) is 0 Å². The largest absolute Gasteiger partial charge is 0.370 e. The summed E-state index contributed by atoms with van der Waals surface area (Å²) < 4.78 is 0. The highest BCUT2D eigenvalue weighted by Gasteiger charge is 2.33. The van der Waals surface area contributed by atoms with Gasteiger partial charge in [-0.25, -0.2) is 4.79 Å². The van der Waals surface area contributed by atoms with Crippen molar-refractivity contribution in [3.63, 3.8) is 0 Å². The summed E-state index contributed by atoms with van der Waals surface area (Å²) in [6, 6.07) is 0. The van der Waals surface area contributed by atoms with E-state index < -0.39 is 12.2 Å². The summed E-state index contributed by atoms with van der Waals surface area (Å²) in [5.41, 5.74) is 0. The van der Waals surface area contributed by atoms with Gasteiger partial charge in [0.1, 0.15) is 0 Å². The molecule has 1 N–H and O–H groups in total. The number of hydrogen-bond acceptors (Lipinski definition) is 4. The van der Waals surface area contributed by atoms with Crippen molar-refractivity contribution in [2.75, 3.05) is 0 Å². The van der Waals surface area contributed by atoms with Gasteiger partial charge in [0.05, 0.1) is 5.92 Å². The number of hydroxylamine groups is 2. The summed E-state index contributed by atoms with van der Waals surface area (Å²) in [7, 11) is 0. The standard InChI is InChI=1S/C8H13NO4/c1-5(2)8(12)13-9-6(10)3-4-7(9)11/h5-6,10H,3-4H2,1-2H3. The van der Waals surface area contributed by atoms with Gasteiger partial charge >= 0.3 is 5.97 Å². The molecular formula is C8H13NO4. The topological polar surface area (TPSA) is 66.8 Å². The lowest BCUT2D eigenvalue weighted by atomic mass is 10.2. The van der Waals surface area contributed by atoms with Crippen molar-refractivity contribution >= 4 is 11.9 Å². The van der Waals surface area contributed by atoms with Gasteiger partial charge in [-0.05, 0) is 0 Å². The fourth-order valence-electron chi connectivity index (χ4n) is 0.960. The molecule has 0 radical (unpaired) electrons. The predicted molar refractivity (Wildman–Crippen MR) is 43.0 cm³/mol. The number of carbonyl (C=O) groups excluding carboxylic acids is 2. The van der Waals surface area contributed by atoms with E-state index in [0.717, 1.165) is 5.06 Å². The van der Waals surface area contributed by atoms with Crippen molar-refractivity contribution in [3.8, 4) is 0 Å². The van der Waals surface area contributed by atoms with Crippen LogP contribution in [-0.2, 0) is 14.4 Å². The molecule has 74 valence electrons. The predicted octanol–water partition coefficient (Wildman–Crippen LogP) is 0.0414. The monoisotopic (exact) mass is 187 g/mol. The first-order valence-electron chi connectivity index (χ1n) is 4.24. The SMILES string of the molecule is CC(C)C(=O)ON1C(=O)CCC1O. The molecule has 1 amide bonds. The summed E-state index contributed by atoms with van der Waals surface area (Å²) in [5, 5.41) is 9.97. The normalized spacial score (nSPS) is 22.6. The summed E-state index contributed by atoms with van der Waals surface area (Å²) in [5.74, 6) is -1.16. The van der Waals surface area contributed by atoms with Crippen molar-refractivity contribution < 1.29 is 19.5 Å². The van der Waals surface area contributed by atoms with Crippen LogP contribution in [0.4, 0.5) is 0 Å². The molecule has 1 saturated heterocycles. The van der Waals surface area contributed by atoms with Crippen LogP contribution in [0.5, 0.6) is 0 Å². The van der Waals surface area contributed by atoms with E-state index in [9.17, 15) is 14.7 Å². The van der Waals surface area contributed by atoms with Gasteiger partial charge in [0.25, 0.3) is 5.91 Å². The highest BCUT2D eigenvalue weighted by molar-refractivity contribution is 5.80. The van der Waals surface area contributed by atoms with E-state index in [4.69, 9.17) is 4.84 Å². The van der Waals surface area contributed by atoms with Crippen LogP contribution in [0.2, 0.25) is 0 Å². The van der Waals surface area contributed by atoms with Crippen LogP contribution < -0.4 is 0 Å². The Hall–Kier alpha value is -1.10. The minimum Gasteiger partial charge on any atom is -0.370 e. The Labute approximate surface area is 76.2 Å². The van der Waals surface area contributed by atoms with E-state index in [0.29, 0.717) is 6.42 Å². The quantitative estimate of drug-likeness (QED) is 0.662. The molecule has 1 atom stereocenters. The summed E-state index contributed by atoms with van der Waals surface area (Å²) in [6.45, 7) is 3.32. The molecule has 0 aliphatic carbocycles. The van der Waals surface area contributed by atoms with Crippen molar-refractivity contribution in [2.45, 2.75) is 32.9 Å². The third kappa shape index (κ3) is 2.18. The Bertz CT molecular complexity index is 226. The molecule has 5 heteroatoms. The van der Waals surface area contributed by atoms with E-state index in [2.05, 4.69) is 0 Å². The van der Waals surface area contributed by atoms with Gasteiger partial charge in [-0.15, -0.1) is 5.06 Å². The third-order valence-corrected chi connectivity index (χ3v) is 1.79. The average Bonchev–Trinajstić information content (AvgIpc) is 2.35. The number of rotatable bonds is 2. The fraction of sp³-hybridized carbons (Fsp3) is 0.750. The van der Waals surface area contributed by atoms with Crippen LogP contribution in [-0.4, -0.2) is 28.3 Å². The molecule has 0 bridgehead atoms. The number of carbonyl (C=O) groups is 2. The van der Waals surface area contributed by atoms with Crippen LogP contribution in [0.25, 0.3) is 0 Å². The molecule has 1 heterocycles. The molecule has 0 aromatic rings. The smallest absolute Gasteiger partial charge is 0.335 e.